The van der Waals surface area contributed by atoms with Crippen LogP contribution < -0.4 is 0 Å². The van der Waals surface area contributed by atoms with Crippen molar-refractivity contribution in [3.8, 4) is 0 Å². The zero-order valence-corrected chi connectivity index (χ0v) is 14.2. The second kappa shape index (κ2) is 6.65. The molecule has 6 heteroatoms. The third kappa shape index (κ3) is 3.59. The van der Waals surface area contributed by atoms with E-state index in [2.05, 4.69) is 6.92 Å². The molecular formula is C15H28N2O3S. The number of carbonyl (C=O) groups excluding carboxylic acids is 1. The van der Waals surface area contributed by atoms with Crippen LogP contribution in [-0.2, 0) is 14.8 Å². The Kier molecular flexibility index (Phi) is 5.30. The lowest BCUT2D eigenvalue weighted by atomic mass is 9.72. The summed E-state index contributed by atoms with van der Waals surface area (Å²) in [5.41, 5.74) is 0. The Balaban J connectivity index is 2.05. The number of amides is 1. The van der Waals surface area contributed by atoms with E-state index in [0.29, 0.717) is 17.9 Å². The van der Waals surface area contributed by atoms with E-state index in [-0.39, 0.29) is 18.2 Å². The SMILES string of the molecule is CCS(=O)(=O)N(C)CC(=O)N1CC[C@H](C)[C@@H]2CCCC[C@H]21. The van der Waals surface area contributed by atoms with Gasteiger partial charge < -0.3 is 4.90 Å². The summed E-state index contributed by atoms with van der Waals surface area (Å²) >= 11 is 0. The molecule has 1 saturated heterocycles. The monoisotopic (exact) mass is 316 g/mol. The van der Waals surface area contributed by atoms with Crippen LogP contribution in [0.1, 0.15) is 46.0 Å². The number of nitrogens with zero attached hydrogens (tertiary/aromatic N) is 2. The summed E-state index contributed by atoms with van der Waals surface area (Å²) in [4.78, 5) is 14.5. The minimum Gasteiger partial charge on any atom is -0.338 e. The van der Waals surface area contributed by atoms with Gasteiger partial charge in [-0.25, -0.2) is 8.42 Å². The van der Waals surface area contributed by atoms with Crippen LogP contribution in [0.2, 0.25) is 0 Å². The molecule has 1 aliphatic heterocycles. The summed E-state index contributed by atoms with van der Waals surface area (Å²) in [5.74, 6) is 1.29. The fourth-order valence-electron chi connectivity index (χ4n) is 3.82. The van der Waals surface area contributed by atoms with Gasteiger partial charge in [0.05, 0.1) is 12.3 Å². The second-order valence-electron chi connectivity index (χ2n) is 6.53. The third-order valence-electron chi connectivity index (χ3n) is 5.26. The van der Waals surface area contributed by atoms with Crippen molar-refractivity contribution in [3.63, 3.8) is 0 Å². The Bertz CT molecular complexity index is 477. The van der Waals surface area contributed by atoms with Gasteiger partial charge >= 0.3 is 0 Å². The molecule has 0 radical (unpaired) electrons. The number of sulfonamides is 1. The summed E-state index contributed by atoms with van der Waals surface area (Å²) in [6, 6.07) is 0.327. The van der Waals surface area contributed by atoms with Crippen LogP contribution in [0.5, 0.6) is 0 Å². The molecule has 0 N–H and O–H groups in total. The summed E-state index contributed by atoms with van der Waals surface area (Å²) in [7, 11) is -1.78. The van der Waals surface area contributed by atoms with E-state index < -0.39 is 10.0 Å². The molecule has 1 amide bonds. The van der Waals surface area contributed by atoms with Crippen LogP contribution in [0.15, 0.2) is 0 Å². The topological polar surface area (TPSA) is 57.7 Å². The third-order valence-corrected chi connectivity index (χ3v) is 7.06. The number of likely N-dealkylation sites (N-methyl/N-ethyl adjacent to an activating group) is 1. The van der Waals surface area contributed by atoms with E-state index in [1.807, 2.05) is 4.90 Å². The van der Waals surface area contributed by atoms with E-state index in [4.69, 9.17) is 0 Å². The van der Waals surface area contributed by atoms with Gasteiger partial charge in [-0.3, -0.25) is 4.79 Å². The molecule has 122 valence electrons. The highest BCUT2D eigenvalue weighted by molar-refractivity contribution is 7.89. The summed E-state index contributed by atoms with van der Waals surface area (Å²) in [6.07, 6.45) is 5.76. The van der Waals surface area contributed by atoms with Gasteiger partial charge in [0.1, 0.15) is 0 Å². The number of hydrogen-bond donors (Lipinski definition) is 0. The normalized spacial score (nSPS) is 30.3. The maximum absolute atomic E-state index is 12.6. The first-order valence-corrected chi connectivity index (χ1v) is 9.71. The van der Waals surface area contributed by atoms with Gasteiger partial charge in [-0.2, -0.15) is 4.31 Å². The molecule has 0 bridgehead atoms. The van der Waals surface area contributed by atoms with E-state index in [1.54, 1.807) is 6.92 Å². The van der Waals surface area contributed by atoms with Crippen molar-refractivity contribution >= 4 is 15.9 Å². The summed E-state index contributed by atoms with van der Waals surface area (Å²) < 4.78 is 24.8. The standard InChI is InChI=1S/C15H28N2O3S/c1-4-21(19,20)16(3)11-15(18)17-10-9-12(2)13-7-5-6-8-14(13)17/h12-14H,4-11H2,1-3H3/t12-,13-,14+/m0/s1. The molecule has 0 aromatic rings. The lowest BCUT2D eigenvalue weighted by molar-refractivity contribution is -0.139. The first-order valence-electron chi connectivity index (χ1n) is 8.10. The Morgan fingerprint density at radius 2 is 1.90 bits per heavy atom. The van der Waals surface area contributed by atoms with Crippen LogP contribution in [0.25, 0.3) is 0 Å². The first-order chi connectivity index (χ1) is 9.86. The van der Waals surface area contributed by atoms with E-state index in [1.165, 1.54) is 30.6 Å². The average molecular weight is 316 g/mol. The van der Waals surface area contributed by atoms with Gasteiger partial charge in [-0.05, 0) is 38.0 Å². The minimum absolute atomic E-state index is 0.0201. The molecule has 0 spiro atoms. The maximum Gasteiger partial charge on any atom is 0.238 e. The molecule has 0 aromatic heterocycles. The highest BCUT2D eigenvalue weighted by atomic mass is 32.2. The van der Waals surface area contributed by atoms with Crippen LogP contribution in [0.3, 0.4) is 0 Å². The molecule has 2 fully saturated rings. The molecule has 21 heavy (non-hydrogen) atoms. The smallest absolute Gasteiger partial charge is 0.238 e. The summed E-state index contributed by atoms with van der Waals surface area (Å²) in [5, 5.41) is 0. The lowest BCUT2D eigenvalue weighted by Gasteiger charge is -2.47. The van der Waals surface area contributed by atoms with Gasteiger partial charge in [-0.15, -0.1) is 0 Å². The quantitative estimate of drug-likeness (QED) is 0.793. The number of rotatable bonds is 4. The molecule has 2 aliphatic rings. The van der Waals surface area contributed by atoms with Crippen LogP contribution in [0.4, 0.5) is 0 Å². The van der Waals surface area contributed by atoms with Crippen molar-refractivity contribution in [1.29, 1.82) is 0 Å². The second-order valence-corrected chi connectivity index (χ2v) is 8.89. The van der Waals surface area contributed by atoms with Crippen molar-refractivity contribution in [1.82, 2.24) is 9.21 Å². The van der Waals surface area contributed by atoms with Crippen LogP contribution in [-0.4, -0.2) is 55.5 Å². The molecular weight excluding hydrogens is 288 g/mol. The Labute approximate surface area is 128 Å². The predicted molar refractivity (Wildman–Crippen MR) is 83.3 cm³/mol. The van der Waals surface area contributed by atoms with Crippen molar-refractivity contribution in [2.24, 2.45) is 11.8 Å². The molecule has 2 rings (SSSR count). The van der Waals surface area contributed by atoms with Crippen molar-refractivity contribution < 1.29 is 13.2 Å². The highest BCUT2D eigenvalue weighted by Crippen LogP contribution is 2.38. The number of hydrogen-bond acceptors (Lipinski definition) is 3. The molecule has 5 nitrogen and oxygen atoms in total. The molecule has 1 saturated carbocycles. The predicted octanol–water partition coefficient (Wildman–Crippen LogP) is 1.70. The summed E-state index contributed by atoms with van der Waals surface area (Å²) in [6.45, 7) is 4.66. The van der Waals surface area contributed by atoms with Gasteiger partial charge in [0.15, 0.2) is 0 Å². The maximum atomic E-state index is 12.6. The molecule has 3 atom stereocenters. The van der Waals surface area contributed by atoms with Gasteiger partial charge in [0, 0.05) is 19.6 Å². The van der Waals surface area contributed by atoms with Crippen LogP contribution in [0, 0.1) is 11.8 Å². The number of piperidine rings is 1. The van der Waals surface area contributed by atoms with Crippen molar-refractivity contribution in [3.05, 3.63) is 0 Å². The largest absolute Gasteiger partial charge is 0.338 e. The van der Waals surface area contributed by atoms with E-state index in [9.17, 15) is 13.2 Å². The molecule has 0 aromatic carbocycles. The van der Waals surface area contributed by atoms with E-state index >= 15 is 0 Å². The van der Waals surface area contributed by atoms with Gasteiger partial charge in [-0.1, -0.05) is 19.8 Å². The highest BCUT2D eigenvalue weighted by Gasteiger charge is 2.39. The molecule has 0 unspecified atom stereocenters. The van der Waals surface area contributed by atoms with Gasteiger partial charge in [0.2, 0.25) is 15.9 Å². The Hall–Kier alpha value is -0.620. The Morgan fingerprint density at radius 1 is 1.24 bits per heavy atom. The number of likely N-dealkylation sites (tertiary alicyclic amines) is 1. The van der Waals surface area contributed by atoms with Gasteiger partial charge in [0.25, 0.3) is 0 Å². The number of fused-ring (bicyclic) bond motifs is 1. The molecule has 1 aliphatic carbocycles. The van der Waals surface area contributed by atoms with Crippen molar-refractivity contribution in [2.75, 3.05) is 25.9 Å². The van der Waals surface area contributed by atoms with E-state index in [0.717, 1.165) is 19.4 Å². The average Bonchev–Trinajstić information content (AvgIpc) is 2.47. The minimum atomic E-state index is -3.29. The fraction of sp³-hybridized carbons (Fsp3) is 0.933. The zero-order chi connectivity index (χ0) is 15.6. The molecule has 1 heterocycles. The van der Waals surface area contributed by atoms with Crippen molar-refractivity contribution in [2.45, 2.75) is 52.0 Å². The first kappa shape index (κ1) is 16.7. The zero-order valence-electron chi connectivity index (χ0n) is 13.4. The van der Waals surface area contributed by atoms with Crippen LogP contribution >= 0.6 is 0 Å². The fourth-order valence-corrected chi connectivity index (χ4v) is 4.57. The Morgan fingerprint density at radius 3 is 2.57 bits per heavy atom. The lowest BCUT2D eigenvalue weighted by Crippen LogP contribution is -2.54. The number of carbonyl (C=O) groups is 1.